The lowest BCUT2D eigenvalue weighted by Crippen LogP contribution is -2.47. The van der Waals surface area contributed by atoms with E-state index in [-0.39, 0.29) is 11.9 Å². The van der Waals surface area contributed by atoms with Crippen LogP contribution in [0, 0.1) is 5.92 Å². The fraction of sp³-hybridized carbons (Fsp3) is 0.600. The van der Waals surface area contributed by atoms with Gasteiger partial charge in [0.25, 0.3) is 11.9 Å². The van der Waals surface area contributed by atoms with Crippen molar-refractivity contribution in [3.63, 3.8) is 0 Å². The molecule has 7 nitrogen and oxygen atoms in total. The van der Waals surface area contributed by atoms with Gasteiger partial charge in [0.15, 0.2) is 0 Å². The highest BCUT2D eigenvalue weighted by molar-refractivity contribution is 6.34. The maximum absolute atomic E-state index is 13.1. The van der Waals surface area contributed by atoms with E-state index in [2.05, 4.69) is 20.9 Å². The van der Waals surface area contributed by atoms with E-state index in [4.69, 9.17) is 21.1 Å². The second-order valence-electron chi connectivity index (χ2n) is 7.65. The summed E-state index contributed by atoms with van der Waals surface area (Å²) in [6, 6.07) is 4.25. The molecule has 3 N–H and O–H groups in total. The van der Waals surface area contributed by atoms with Gasteiger partial charge in [0.05, 0.1) is 29.9 Å². The van der Waals surface area contributed by atoms with Crippen LogP contribution in [0.1, 0.15) is 42.5 Å². The Labute approximate surface area is 170 Å². The Morgan fingerprint density at radius 1 is 1.43 bits per heavy atom. The SMILES string of the molecule is COc1cc(NC2=NCCO2)c(Cl)cc1C(=O)NC(CC1CC1)C1CCCN1. The molecule has 2 unspecified atom stereocenters. The number of carbonyl (C=O) groups is 1. The van der Waals surface area contributed by atoms with Crippen molar-refractivity contribution in [3.05, 3.63) is 22.7 Å². The number of ether oxygens (including phenoxy) is 2. The van der Waals surface area contributed by atoms with Gasteiger partial charge in [-0.3, -0.25) is 4.79 Å². The summed E-state index contributed by atoms with van der Waals surface area (Å²) in [5.41, 5.74) is 1.04. The summed E-state index contributed by atoms with van der Waals surface area (Å²) in [7, 11) is 1.55. The van der Waals surface area contributed by atoms with Crippen LogP contribution in [0.2, 0.25) is 5.02 Å². The fourth-order valence-corrected chi connectivity index (χ4v) is 4.07. The molecule has 0 bridgehead atoms. The molecule has 2 atom stereocenters. The van der Waals surface area contributed by atoms with Crippen molar-refractivity contribution in [1.29, 1.82) is 0 Å². The Kier molecular flexibility index (Phi) is 5.92. The molecule has 4 rings (SSSR count). The summed E-state index contributed by atoms with van der Waals surface area (Å²) >= 11 is 6.42. The predicted octanol–water partition coefficient (Wildman–Crippen LogP) is 2.80. The smallest absolute Gasteiger partial charge is 0.289 e. The number of nitrogens with one attached hydrogen (secondary N) is 3. The second kappa shape index (κ2) is 8.57. The number of benzene rings is 1. The Bertz CT molecular complexity index is 760. The molecule has 1 aliphatic carbocycles. The molecule has 2 aliphatic heterocycles. The van der Waals surface area contributed by atoms with E-state index in [0.717, 1.165) is 31.7 Å². The molecular weight excluding hydrogens is 380 g/mol. The zero-order valence-electron chi connectivity index (χ0n) is 16.1. The van der Waals surface area contributed by atoms with Crippen molar-refractivity contribution in [2.24, 2.45) is 10.9 Å². The second-order valence-corrected chi connectivity index (χ2v) is 8.06. The van der Waals surface area contributed by atoms with Crippen LogP contribution >= 0.6 is 11.6 Å². The molecule has 1 saturated carbocycles. The van der Waals surface area contributed by atoms with Gasteiger partial charge in [-0.1, -0.05) is 24.4 Å². The van der Waals surface area contributed by atoms with Gasteiger partial charge in [-0.2, -0.15) is 0 Å². The first-order valence-corrected chi connectivity index (χ1v) is 10.4. The standard InChI is InChI=1S/C20H27ClN4O3/c1-27-18-11-16(25-20-23-7-8-28-20)14(21)10-13(18)19(26)24-17(9-12-4-5-12)15-3-2-6-22-15/h10-12,15,17,22H,2-9H2,1H3,(H,23,25)(H,24,26). The molecule has 1 amide bonds. The average Bonchev–Trinajstić information content (AvgIpc) is 3.13. The lowest BCUT2D eigenvalue weighted by Gasteiger charge is -2.25. The number of rotatable bonds is 7. The monoisotopic (exact) mass is 406 g/mol. The number of carbonyl (C=O) groups excluding carboxylic acids is 1. The van der Waals surface area contributed by atoms with Crippen molar-refractivity contribution in [2.45, 2.75) is 44.2 Å². The zero-order chi connectivity index (χ0) is 19.5. The largest absolute Gasteiger partial charge is 0.496 e. The van der Waals surface area contributed by atoms with Gasteiger partial charge in [0, 0.05) is 18.2 Å². The molecule has 2 fully saturated rings. The van der Waals surface area contributed by atoms with Gasteiger partial charge in [0.1, 0.15) is 12.4 Å². The van der Waals surface area contributed by atoms with E-state index in [1.54, 1.807) is 19.2 Å². The Morgan fingerprint density at radius 2 is 2.29 bits per heavy atom. The van der Waals surface area contributed by atoms with Gasteiger partial charge in [-0.05, 0) is 37.8 Å². The van der Waals surface area contributed by atoms with Crippen molar-refractivity contribution in [3.8, 4) is 5.75 Å². The minimum atomic E-state index is -0.154. The summed E-state index contributed by atoms with van der Waals surface area (Å²) in [6.45, 7) is 2.19. The Morgan fingerprint density at radius 3 is 2.93 bits per heavy atom. The van der Waals surface area contributed by atoms with Crippen LogP contribution in [0.4, 0.5) is 5.69 Å². The Balaban J connectivity index is 1.50. The summed E-state index contributed by atoms with van der Waals surface area (Å²) in [5, 5.41) is 10.2. The first kappa shape index (κ1) is 19.3. The van der Waals surface area contributed by atoms with Gasteiger partial charge < -0.3 is 25.4 Å². The molecule has 28 heavy (non-hydrogen) atoms. The van der Waals surface area contributed by atoms with E-state index in [1.165, 1.54) is 12.8 Å². The van der Waals surface area contributed by atoms with Crippen LogP contribution in [0.15, 0.2) is 17.1 Å². The number of amidine groups is 1. The third-order valence-electron chi connectivity index (χ3n) is 5.55. The van der Waals surface area contributed by atoms with Crippen LogP contribution in [-0.4, -0.2) is 50.8 Å². The Hall–Kier alpha value is -1.99. The van der Waals surface area contributed by atoms with Gasteiger partial charge >= 0.3 is 0 Å². The third kappa shape index (κ3) is 4.52. The minimum Gasteiger partial charge on any atom is -0.496 e. The first-order chi connectivity index (χ1) is 13.6. The summed E-state index contributed by atoms with van der Waals surface area (Å²) in [6.07, 6.45) is 5.81. The molecule has 8 heteroatoms. The van der Waals surface area contributed by atoms with Crippen LogP contribution in [0.3, 0.4) is 0 Å². The van der Waals surface area contributed by atoms with E-state index < -0.39 is 0 Å². The van der Waals surface area contributed by atoms with Gasteiger partial charge in [-0.25, -0.2) is 4.99 Å². The van der Waals surface area contributed by atoms with Crippen molar-refractivity contribution in [2.75, 3.05) is 32.1 Å². The zero-order valence-corrected chi connectivity index (χ0v) is 16.8. The number of amides is 1. The average molecular weight is 407 g/mol. The van der Waals surface area contributed by atoms with E-state index >= 15 is 0 Å². The molecular formula is C20H27ClN4O3. The van der Waals surface area contributed by atoms with Crippen LogP contribution < -0.4 is 20.7 Å². The van der Waals surface area contributed by atoms with Crippen molar-refractivity contribution in [1.82, 2.24) is 10.6 Å². The predicted molar refractivity (Wildman–Crippen MR) is 110 cm³/mol. The highest BCUT2D eigenvalue weighted by Gasteiger charge is 2.33. The summed E-state index contributed by atoms with van der Waals surface area (Å²) in [5.74, 6) is 1.05. The molecule has 2 heterocycles. The maximum Gasteiger partial charge on any atom is 0.289 e. The molecule has 0 spiro atoms. The van der Waals surface area contributed by atoms with Gasteiger partial charge in [0.2, 0.25) is 0 Å². The van der Waals surface area contributed by atoms with Gasteiger partial charge in [-0.15, -0.1) is 0 Å². The normalized spacial score (nSPS) is 22.4. The first-order valence-electron chi connectivity index (χ1n) is 10.00. The lowest BCUT2D eigenvalue weighted by molar-refractivity contribution is 0.0922. The van der Waals surface area contributed by atoms with E-state index in [9.17, 15) is 4.79 Å². The highest BCUT2D eigenvalue weighted by atomic mass is 35.5. The number of nitrogens with zero attached hydrogens (tertiary/aromatic N) is 1. The van der Waals surface area contributed by atoms with Crippen molar-refractivity contribution >= 4 is 29.2 Å². The molecule has 152 valence electrons. The molecule has 1 saturated heterocycles. The molecule has 0 aromatic heterocycles. The number of hydrogen-bond donors (Lipinski definition) is 3. The number of anilines is 1. The quantitative estimate of drug-likeness (QED) is 0.648. The van der Waals surface area contributed by atoms with E-state index in [1.807, 2.05) is 0 Å². The molecule has 1 aromatic carbocycles. The summed E-state index contributed by atoms with van der Waals surface area (Å²) < 4.78 is 10.8. The fourth-order valence-electron chi connectivity index (χ4n) is 3.86. The molecule has 3 aliphatic rings. The molecule has 1 aromatic rings. The lowest BCUT2D eigenvalue weighted by atomic mass is 9.99. The topological polar surface area (TPSA) is 84.0 Å². The minimum absolute atomic E-state index is 0.130. The number of halogens is 1. The van der Waals surface area contributed by atoms with Crippen molar-refractivity contribution < 1.29 is 14.3 Å². The maximum atomic E-state index is 13.1. The number of aliphatic imine (C=N–C) groups is 1. The number of hydrogen-bond acceptors (Lipinski definition) is 6. The molecule has 0 radical (unpaired) electrons. The van der Waals surface area contributed by atoms with Crippen LogP contribution in [0.25, 0.3) is 0 Å². The summed E-state index contributed by atoms with van der Waals surface area (Å²) in [4.78, 5) is 17.3. The third-order valence-corrected chi connectivity index (χ3v) is 5.86. The van der Waals surface area contributed by atoms with Crippen LogP contribution in [-0.2, 0) is 4.74 Å². The number of methoxy groups -OCH3 is 1. The van der Waals surface area contributed by atoms with E-state index in [0.29, 0.717) is 47.2 Å². The highest BCUT2D eigenvalue weighted by Crippen LogP contribution is 2.35. The van der Waals surface area contributed by atoms with Crippen LogP contribution in [0.5, 0.6) is 5.75 Å².